The summed E-state index contributed by atoms with van der Waals surface area (Å²) in [6, 6.07) is 55.9. The van der Waals surface area contributed by atoms with Crippen LogP contribution in [-0.4, -0.2) is 9.55 Å². The van der Waals surface area contributed by atoms with Gasteiger partial charge >= 0.3 is 0 Å². The highest BCUT2D eigenvalue weighted by molar-refractivity contribution is 6.02. The number of para-hydroxylation sites is 2. The number of nitrogens with zero attached hydrogens (tertiary/aromatic N) is 1. The van der Waals surface area contributed by atoms with Gasteiger partial charge in [-0.3, -0.25) is 0 Å². The van der Waals surface area contributed by atoms with Crippen LogP contribution in [0.4, 0.5) is 0 Å². The van der Waals surface area contributed by atoms with Crippen LogP contribution in [0, 0.1) is 6.92 Å². The number of H-pyrrole nitrogens is 1. The Labute approximate surface area is 257 Å². The second-order valence-corrected chi connectivity index (χ2v) is 12.2. The summed E-state index contributed by atoms with van der Waals surface area (Å²) in [5.74, 6) is 0.354. The highest BCUT2D eigenvalue weighted by Crippen LogP contribution is 2.59. The number of rotatable bonds is 4. The minimum Gasteiger partial charge on any atom is -0.356 e. The Balaban J connectivity index is 1.43. The lowest BCUT2D eigenvalue weighted by molar-refractivity contribution is 0.520. The molecule has 1 N–H and O–H groups in total. The van der Waals surface area contributed by atoms with Crippen molar-refractivity contribution in [2.75, 3.05) is 0 Å². The molecule has 2 aromatic heterocycles. The molecule has 0 fully saturated rings. The smallest absolute Gasteiger partial charge is 0.0819 e. The SMILES string of the molecule is Cc1c([C@H]2[C@H](c3ccccc3)[C@@H](c3ccccc3)c3c(-c4ccc5ccccc5c4)c4ccccc4n32)[nH]c2ccccc12. The summed E-state index contributed by atoms with van der Waals surface area (Å²) < 4.78 is 2.69. The van der Waals surface area contributed by atoms with Crippen molar-refractivity contribution in [1.29, 1.82) is 0 Å². The van der Waals surface area contributed by atoms with E-state index in [4.69, 9.17) is 0 Å². The summed E-state index contributed by atoms with van der Waals surface area (Å²) in [6.45, 7) is 2.29. The molecule has 0 saturated carbocycles. The zero-order valence-corrected chi connectivity index (χ0v) is 24.6. The van der Waals surface area contributed by atoms with Crippen LogP contribution in [0.15, 0.2) is 152 Å². The van der Waals surface area contributed by atoms with Crippen LogP contribution in [0.1, 0.15) is 46.0 Å². The highest BCUT2D eigenvalue weighted by Gasteiger charge is 2.47. The molecular formula is C42H32N2. The fourth-order valence-corrected chi connectivity index (χ4v) is 8.03. The predicted octanol–water partition coefficient (Wildman–Crippen LogP) is 10.8. The Bertz CT molecular complexity index is 2310. The van der Waals surface area contributed by atoms with Gasteiger partial charge in [0.2, 0.25) is 0 Å². The van der Waals surface area contributed by atoms with Crippen LogP contribution < -0.4 is 0 Å². The van der Waals surface area contributed by atoms with Crippen molar-refractivity contribution >= 4 is 32.6 Å². The van der Waals surface area contributed by atoms with Gasteiger partial charge in [0.05, 0.1) is 6.04 Å². The van der Waals surface area contributed by atoms with Gasteiger partial charge in [-0.1, -0.05) is 133 Å². The summed E-state index contributed by atoms with van der Waals surface area (Å²) in [7, 11) is 0. The molecule has 0 unspecified atom stereocenters. The third-order valence-corrected chi connectivity index (χ3v) is 9.90. The quantitative estimate of drug-likeness (QED) is 0.219. The predicted molar refractivity (Wildman–Crippen MR) is 184 cm³/mol. The van der Waals surface area contributed by atoms with Crippen LogP contribution in [0.25, 0.3) is 43.7 Å². The Morgan fingerprint density at radius 1 is 0.568 bits per heavy atom. The molecule has 44 heavy (non-hydrogen) atoms. The fourth-order valence-electron chi connectivity index (χ4n) is 8.03. The average Bonchev–Trinajstić information content (AvgIpc) is 3.72. The van der Waals surface area contributed by atoms with Gasteiger partial charge in [-0.25, -0.2) is 0 Å². The van der Waals surface area contributed by atoms with E-state index < -0.39 is 0 Å². The van der Waals surface area contributed by atoms with Crippen molar-refractivity contribution in [3.8, 4) is 11.1 Å². The van der Waals surface area contributed by atoms with E-state index in [1.54, 1.807) is 0 Å². The molecule has 1 aliphatic rings. The van der Waals surface area contributed by atoms with Crippen LogP contribution in [0.2, 0.25) is 0 Å². The monoisotopic (exact) mass is 564 g/mol. The van der Waals surface area contributed by atoms with Gasteiger partial charge in [-0.05, 0) is 58.1 Å². The van der Waals surface area contributed by atoms with Gasteiger partial charge in [-0.2, -0.15) is 0 Å². The molecule has 0 bridgehead atoms. The van der Waals surface area contributed by atoms with Crippen molar-refractivity contribution < 1.29 is 0 Å². The molecule has 6 aromatic carbocycles. The molecule has 0 aliphatic carbocycles. The lowest BCUT2D eigenvalue weighted by Crippen LogP contribution is -2.17. The van der Waals surface area contributed by atoms with E-state index in [0.29, 0.717) is 0 Å². The molecule has 0 saturated heterocycles. The zero-order valence-electron chi connectivity index (χ0n) is 24.6. The number of nitrogens with one attached hydrogen (secondary N) is 1. The van der Waals surface area contributed by atoms with Gasteiger partial charge in [-0.15, -0.1) is 0 Å². The Morgan fingerprint density at radius 3 is 1.98 bits per heavy atom. The van der Waals surface area contributed by atoms with Gasteiger partial charge < -0.3 is 9.55 Å². The van der Waals surface area contributed by atoms with E-state index in [0.717, 1.165) is 0 Å². The molecule has 2 nitrogen and oxygen atoms in total. The summed E-state index contributed by atoms with van der Waals surface area (Å²) >= 11 is 0. The van der Waals surface area contributed by atoms with E-state index >= 15 is 0 Å². The molecule has 0 radical (unpaired) electrons. The van der Waals surface area contributed by atoms with E-state index in [1.165, 1.54) is 71.8 Å². The Morgan fingerprint density at radius 2 is 1.20 bits per heavy atom. The molecule has 0 spiro atoms. The normalized spacial score (nSPS) is 17.9. The first-order chi connectivity index (χ1) is 21.8. The minimum atomic E-state index is 0.0871. The molecule has 3 heterocycles. The molecule has 0 amide bonds. The summed E-state index contributed by atoms with van der Waals surface area (Å²) in [6.07, 6.45) is 0. The zero-order chi connectivity index (χ0) is 29.2. The average molecular weight is 565 g/mol. The van der Waals surface area contributed by atoms with Crippen molar-refractivity contribution in [2.24, 2.45) is 0 Å². The van der Waals surface area contributed by atoms with Gasteiger partial charge in [0, 0.05) is 50.6 Å². The molecular weight excluding hydrogens is 532 g/mol. The van der Waals surface area contributed by atoms with Crippen LogP contribution in [0.5, 0.6) is 0 Å². The maximum absolute atomic E-state index is 3.94. The fraction of sp³-hybridized carbons (Fsp3) is 0.0952. The number of aromatic amines is 1. The lowest BCUT2D eigenvalue weighted by Gasteiger charge is -2.27. The van der Waals surface area contributed by atoms with Gasteiger partial charge in [0.25, 0.3) is 0 Å². The third-order valence-electron chi connectivity index (χ3n) is 9.90. The molecule has 210 valence electrons. The Hall–Kier alpha value is -5.34. The number of fused-ring (bicyclic) bond motifs is 5. The molecule has 9 rings (SSSR count). The summed E-state index contributed by atoms with van der Waals surface area (Å²) in [5.41, 5.74) is 11.8. The number of hydrogen-bond acceptors (Lipinski definition) is 0. The van der Waals surface area contributed by atoms with Gasteiger partial charge in [0.1, 0.15) is 0 Å². The number of aromatic nitrogens is 2. The van der Waals surface area contributed by atoms with Crippen molar-refractivity contribution in [3.63, 3.8) is 0 Å². The van der Waals surface area contributed by atoms with Crippen molar-refractivity contribution in [1.82, 2.24) is 9.55 Å². The van der Waals surface area contributed by atoms with E-state index in [9.17, 15) is 0 Å². The highest BCUT2D eigenvalue weighted by atomic mass is 15.1. The van der Waals surface area contributed by atoms with Crippen LogP contribution >= 0.6 is 0 Å². The standard InChI is InChI=1S/C42H32N2/c1-27-33-20-10-12-22-35(33)43-40(27)42-39(30-17-6-3-7-18-30)38(29-15-4-2-5-16-29)41-37(34-21-11-13-23-36(34)44(41)42)32-25-24-28-14-8-9-19-31(28)26-32/h2-26,38-39,42-43H,1H3/t38-,39-,42-/m1/s1. The maximum Gasteiger partial charge on any atom is 0.0819 e. The second-order valence-electron chi connectivity index (χ2n) is 12.2. The first-order valence-corrected chi connectivity index (χ1v) is 15.6. The molecule has 2 heteroatoms. The number of hydrogen-bond donors (Lipinski definition) is 1. The maximum atomic E-state index is 3.94. The van der Waals surface area contributed by atoms with E-state index in [2.05, 4.69) is 168 Å². The van der Waals surface area contributed by atoms with E-state index in [-0.39, 0.29) is 17.9 Å². The van der Waals surface area contributed by atoms with Crippen molar-refractivity contribution in [2.45, 2.75) is 24.8 Å². The first kappa shape index (κ1) is 25.2. The van der Waals surface area contributed by atoms with Crippen LogP contribution in [-0.2, 0) is 0 Å². The molecule has 8 aromatic rings. The van der Waals surface area contributed by atoms with E-state index in [1.807, 2.05) is 0 Å². The molecule has 1 aliphatic heterocycles. The van der Waals surface area contributed by atoms with Gasteiger partial charge in [0.15, 0.2) is 0 Å². The van der Waals surface area contributed by atoms with Crippen LogP contribution in [0.3, 0.4) is 0 Å². The molecule has 3 atom stereocenters. The lowest BCUT2D eigenvalue weighted by atomic mass is 9.75. The number of aryl methyl sites for hydroxylation is 1. The summed E-state index contributed by atoms with van der Waals surface area (Å²) in [5, 5.41) is 5.14. The summed E-state index contributed by atoms with van der Waals surface area (Å²) in [4.78, 5) is 3.94. The second kappa shape index (κ2) is 9.86. The largest absolute Gasteiger partial charge is 0.356 e. The third kappa shape index (κ3) is 3.67. The number of benzene rings is 6. The topological polar surface area (TPSA) is 20.7 Å². The minimum absolute atomic E-state index is 0.0871. The Kier molecular flexibility index (Phi) is 5.64. The first-order valence-electron chi connectivity index (χ1n) is 15.6. The van der Waals surface area contributed by atoms with Crippen molar-refractivity contribution in [3.05, 3.63) is 180 Å².